The minimum atomic E-state index is -0.685. The molecule has 0 aliphatic rings. The largest absolute Gasteiger partial charge is 0.496 e. The number of para-hydroxylation sites is 1. The number of hydrogen-bond donors (Lipinski definition) is 2. The monoisotopic (exact) mass is 475 g/mol. The van der Waals surface area contributed by atoms with Gasteiger partial charge in [0.15, 0.2) is 11.0 Å². The van der Waals surface area contributed by atoms with Gasteiger partial charge in [-0.05, 0) is 24.6 Å². The van der Waals surface area contributed by atoms with Crippen molar-refractivity contribution in [2.24, 2.45) is 12.8 Å². The van der Waals surface area contributed by atoms with Crippen LogP contribution in [0.1, 0.15) is 25.6 Å². The Morgan fingerprint density at radius 3 is 2.59 bits per heavy atom. The number of hydrogen-bond acceptors (Lipinski definition) is 9. The lowest BCUT2D eigenvalue weighted by molar-refractivity contribution is -0.113. The number of nitrogens with one attached hydrogen (secondary N) is 1. The molecule has 12 heteroatoms. The molecular formula is C20H21N5O5S2. The smallest absolute Gasteiger partial charge is 0.341 e. The van der Waals surface area contributed by atoms with Crippen LogP contribution in [0.25, 0.3) is 11.4 Å². The van der Waals surface area contributed by atoms with Crippen molar-refractivity contribution in [3.63, 3.8) is 0 Å². The third-order valence-electron chi connectivity index (χ3n) is 4.53. The van der Waals surface area contributed by atoms with Crippen molar-refractivity contribution >= 4 is 45.9 Å². The van der Waals surface area contributed by atoms with E-state index in [4.69, 9.17) is 15.2 Å². The normalized spacial score (nSPS) is 10.6. The predicted molar refractivity (Wildman–Crippen MR) is 121 cm³/mol. The van der Waals surface area contributed by atoms with Crippen LogP contribution in [0.5, 0.6) is 5.75 Å². The van der Waals surface area contributed by atoms with Crippen LogP contribution in [-0.2, 0) is 16.6 Å². The Morgan fingerprint density at radius 1 is 1.22 bits per heavy atom. The van der Waals surface area contributed by atoms with E-state index in [1.807, 2.05) is 24.3 Å². The van der Waals surface area contributed by atoms with Crippen molar-refractivity contribution in [1.82, 2.24) is 14.8 Å². The molecule has 0 saturated carbocycles. The van der Waals surface area contributed by atoms with E-state index in [1.165, 1.54) is 18.9 Å². The number of thiophene rings is 1. The summed E-state index contributed by atoms with van der Waals surface area (Å²) in [6, 6.07) is 7.42. The van der Waals surface area contributed by atoms with Gasteiger partial charge >= 0.3 is 5.97 Å². The highest BCUT2D eigenvalue weighted by Crippen LogP contribution is 2.34. The Morgan fingerprint density at radius 2 is 1.94 bits per heavy atom. The number of ether oxygens (including phenoxy) is 2. The van der Waals surface area contributed by atoms with Crippen LogP contribution in [0.3, 0.4) is 0 Å². The molecule has 0 fully saturated rings. The van der Waals surface area contributed by atoms with E-state index in [0.29, 0.717) is 22.3 Å². The van der Waals surface area contributed by atoms with Crippen LogP contribution in [0.15, 0.2) is 29.4 Å². The van der Waals surface area contributed by atoms with Gasteiger partial charge in [0, 0.05) is 7.05 Å². The number of primary amides is 1. The molecule has 0 atom stereocenters. The maximum Gasteiger partial charge on any atom is 0.341 e. The van der Waals surface area contributed by atoms with E-state index in [-0.39, 0.29) is 27.1 Å². The molecule has 3 rings (SSSR count). The minimum absolute atomic E-state index is 0.00135. The number of rotatable bonds is 8. The van der Waals surface area contributed by atoms with Gasteiger partial charge < -0.3 is 25.1 Å². The van der Waals surface area contributed by atoms with Gasteiger partial charge in [0.05, 0.1) is 36.0 Å². The molecule has 0 unspecified atom stereocenters. The third-order valence-corrected chi connectivity index (χ3v) is 6.77. The average Bonchev–Trinajstić information content (AvgIpc) is 3.31. The molecule has 0 bridgehead atoms. The minimum Gasteiger partial charge on any atom is -0.496 e. The molecule has 2 amide bonds. The maximum atomic E-state index is 12.6. The van der Waals surface area contributed by atoms with Crippen molar-refractivity contribution in [3.8, 4) is 17.1 Å². The first-order valence-corrected chi connectivity index (χ1v) is 11.1. The quantitative estimate of drug-likeness (QED) is 0.374. The fourth-order valence-electron chi connectivity index (χ4n) is 2.98. The number of thioether (sulfide) groups is 1. The first-order chi connectivity index (χ1) is 15.3. The van der Waals surface area contributed by atoms with Gasteiger partial charge in [-0.25, -0.2) is 4.79 Å². The molecule has 0 saturated heterocycles. The second-order valence-corrected chi connectivity index (χ2v) is 8.48. The number of benzene rings is 1. The molecule has 0 spiro atoms. The molecule has 3 N–H and O–H groups in total. The summed E-state index contributed by atoms with van der Waals surface area (Å²) in [5.41, 5.74) is 6.62. The Kier molecular flexibility index (Phi) is 7.15. The molecule has 1 aromatic carbocycles. The Labute approximate surface area is 192 Å². The van der Waals surface area contributed by atoms with Crippen molar-refractivity contribution < 1.29 is 23.9 Å². The van der Waals surface area contributed by atoms with E-state index < -0.39 is 11.9 Å². The zero-order valence-corrected chi connectivity index (χ0v) is 19.4. The van der Waals surface area contributed by atoms with Gasteiger partial charge in [-0.15, -0.1) is 21.5 Å². The van der Waals surface area contributed by atoms with Gasteiger partial charge in [-0.3, -0.25) is 9.59 Å². The molecule has 0 radical (unpaired) electrons. The number of aromatic nitrogens is 3. The molecule has 2 heterocycles. The molecule has 0 aliphatic carbocycles. The number of esters is 1. The van der Waals surface area contributed by atoms with Gasteiger partial charge in [0.25, 0.3) is 5.91 Å². The van der Waals surface area contributed by atoms with Gasteiger partial charge in [-0.1, -0.05) is 23.9 Å². The van der Waals surface area contributed by atoms with Crippen LogP contribution in [0.4, 0.5) is 5.00 Å². The van der Waals surface area contributed by atoms with E-state index in [9.17, 15) is 14.4 Å². The highest BCUT2D eigenvalue weighted by atomic mass is 32.2. The van der Waals surface area contributed by atoms with Crippen LogP contribution in [0.2, 0.25) is 0 Å². The second kappa shape index (κ2) is 9.83. The SMILES string of the molecule is COC(=O)c1c(NC(=O)CSc2nnc(-c3ccccc3OC)n2C)sc(C(N)=O)c1C. The standard InChI is InChI=1S/C20H21N5O5S2/c1-10-14(19(28)30-4)18(32-15(10)16(21)27)22-13(26)9-31-20-24-23-17(25(20)2)11-7-5-6-8-12(11)29-3/h5-8H,9H2,1-4H3,(H2,21,27)(H,22,26). The average molecular weight is 476 g/mol. The fraction of sp³-hybridized carbons (Fsp3) is 0.250. The van der Waals surface area contributed by atoms with Crippen LogP contribution >= 0.6 is 23.1 Å². The number of nitrogens with two attached hydrogens (primary N) is 1. The summed E-state index contributed by atoms with van der Waals surface area (Å²) in [5, 5.41) is 11.8. The Balaban J connectivity index is 1.75. The third kappa shape index (κ3) is 4.60. The summed E-state index contributed by atoms with van der Waals surface area (Å²) in [4.78, 5) is 36.5. The van der Waals surface area contributed by atoms with Crippen molar-refractivity contribution in [2.75, 3.05) is 25.3 Å². The van der Waals surface area contributed by atoms with Gasteiger partial charge in [0.1, 0.15) is 10.8 Å². The predicted octanol–water partition coefficient (Wildman–Crippen LogP) is 2.48. The second-order valence-electron chi connectivity index (χ2n) is 6.52. The van der Waals surface area contributed by atoms with E-state index in [2.05, 4.69) is 15.5 Å². The highest BCUT2D eigenvalue weighted by molar-refractivity contribution is 7.99. The fourth-order valence-corrected chi connectivity index (χ4v) is 4.76. The van der Waals surface area contributed by atoms with Crippen molar-refractivity contribution in [2.45, 2.75) is 12.1 Å². The Bertz CT molecular complexity index is 1190. The van der Waals surface area contributed by atoms with Gasteiger partial charge in [-0.2, -0.15) is 0 Å². The zero-order chi connectivity index (χ0) is 23.4. The molecule has 0 aliphatic heterocycles. The lowest BCUT2D eigenvalue weighted by Gasteiger charge is -2.08. The lowest BCUT2D eigenvalue weighted by atomic mass is 10.1. The first kappa shape index (κ1) is 23.3. The molecule has 10 nitrogen and oxygen atoms in total. The van der Waals surface area contributed by atoms with Crippen LogP contribution in [0, 0.1) is 6.92 Å². The van der Waals surface area contributed by atoms with Crippen LogP contribution in [-0.4, -0.2) is 52.5 Å². The molecule has 2 aromatic heterocycles. The summed E-state index contributed by atoms with van der Waals surface area (Å²) in [6.07, 6.45) is 0. The molecule has 32 heavy (non-hydrogen) atoms. The molecule has 3 aromatic rings. The zero-order valence-electron chi connectivity index (χ0n) is 17.8. The number of anilines is 1. The number of carbonyl (C=O) groups is 3. The number of nitrogens with zero attached hydrogens (tertiary/aromatic N) is 3. The number of carbonyl (C=O) groups excluding carboxylic acids is 3. The summed E-state index contributed by atoms with van der Waals surface area (Å²) >= 11 is 2.11. The summed E-state index contributed by atoms with van der Waals surface area (Å²) in [5.74, 6) is -0.482. The van der Waals surface area contributed by atoms with E-state index in [1.54, 1.807) is 25.6 Å². The van der Waals surface area contributed by atoms with Crippen molar-refractivity contribution in [3.05, 3.63) is 40.3 Å². The molecular weight excluding hydrogens is 454 g/mol. The van der Waals surface area contributed by atoms with Gasteiger partial charge in [0.2, 0.25) is 5.91 Å². The van der Waals surface area contributed by atoms with Crippen molar-refractivity contribution in [1.29, 1.82) is 0 Å². The highest BCUT2D eigenvalue weighted by Gasteiger charge is 2.25. The molecule has 168 valence electrons. The number of methoxy groups -OCH3 is 2. The lowest BCUT2D eigenvalue weighted by Crippen LogP contribution is -2.16. The summed E-state index contributed by atoms with van der Waals surface area (Å²) in [7, 11) is 4.59. The summed E-state index contributed by atoms with van der Waals surface area (Å²) < 4.78 is 11.9. The van der Waals surface area contributed by atoms with E-state index >= 15 is 0 Å². The topological polar surface area (TPSA) is 138 Å². The van der Waals surface area contributed by atoms with E-state index in [0.717, 1.165) is 16.9 Å². The Hall–Kier alpha value is -3.38. The number of amides is 2. The first-order valence-electron chi connectivity index (χ1n) is 9.25. The van der Waals surface area contributed by atoms with Crippen LogP contribution < -0.4 is 15.8 Å². The maximum absolute atomic E-state index is 12.6. The summed E-state index contributed by atoms with van der Waals surface area (Å²) in [6.45, 7) is 1.58.